The Labute approximate surface area is 200 Å². The fourth-order valence-corrected chi connectivity index (χ4v) is 3.03. The number of hydrogen-bond donors (Lipinski definition) is 3. The zero-order valence-corrected chi connectivity index (χ0v) is 18.5. The number of carbonyl (C=O) groups excluding carboxylic acids is 1. The first-order valence-electron chi connectivity index (χ1n) is 9.68. The van der Waals surface area contributed by atoms with Gasteiger partial charge in [-0.2, -0.15) is 26.3 Å². The van der Waals surface area contributed by atoms with Gasteiger partial charge in [-0.15, -0.1) is 0 Å². The number of anilines is 2. The van der Waals surface area contributed by atoms with Crippen molar-refractivity contribution in [3.63, 3.8) is 0 Å². The number of thiocarbonyl (C=S) groups is 1. The van der Waals surface area contributed by atoms with Crippen molar-refractivity contribution in [3.8, 4) is 11.5 Å². The second-order valence-corrected chi connectivity index (χ2v) is 7.36. The van der Waals surface area contributed by atoms with Crippen molar-refractivity contribution in [1.29, 1.82) is 0 Å². The second-order valence-electron chi connectivity index (χ2n) is 6.96. The van der Waals surface area contributed by atoms with E-state index in [2.05, 4.69) is 20.9 Å². The van der Waals surface area contributed by atoms with Crippen molar-refractivity contribution in [2.24, 2.45) is 0 Å². The van der Waals surface area contributed by atoms with Crippen molar-refractivity contribution in [3.05, 3.63) is 77.6 Å². The molecule has 13 heteroatoms. The predicted octanol–water partition coefficient (Wildman–Crippen LogP) is 6.08. The van der Waals surface area contributed by atoms with Crippen LogP contribution in [0.4, 0.5) is 37.7 Å². The molecule has 0 bridgehead atoms. The fraction of sp³-hybridized carbons (Fsp3) is 0.136. The number of alkyl halides is 6. The zero-order chi connectivity index (χ0) is 25.8. The van der Waals surface area contributed by atoms with Gasteiger partial charge in [-0.1, -0.05) is 0 Å². The maximum absolute atomic E-state index is 13.0. The number of nitrogens with zero attached hydrogens (tertiary/aromatic N) is 1. The molecule has 0 aliphatic rings. The number of ether oxygens (including phenoxy) is 1. The number of benzene rings is 2. The molecule has 0 saturated carbocycles. The second kappa shape index (κ2) is 10.2. The summed E-state index contributed by atoms with van der Waals surface area (Å²) in [6.45, 7) is 0. The first kappa shape index (κ1) is 25.7. The molecule has 1 heterocycles. The van der Waals surface area contributed by atoms with Crippen molar-refractivity contribution in [1.82, 2.24) is 10.3 Å². The SMILES string of the molecule is CNC(=O)c1cc(Oc2ccc(NC(=S)Nc3cc(C(F)(F)F)cc(C(F)(F)F)c3)cc2)ccn1. The lowest BCUT2D eigenvalue weighted by Crippen LogP contribution is -2.20. The van der Waals surface area contributed by atoms with Gasteiger partial charge < -0.3 is 20.7 Å². The van der Waals surface area contributed by atoms with Gasteiger partial charge in [0.1, 0.15) is 17.2 Å². The average molecular weight is 514 g/mol. The number of nitrogens with one attached hydrogen (secondary N) is 3. The van der Waals surface area contributed by atoms with Crippen molar-refractivity contribution in [2.75, 3.05) is 17.7 Å². The minimum Gasteiger partial charge on any atom is -0.457 e. The molecule has 0 aliphatic heterocycles. The number of rotatable bonds is 5. The molecular formula is C22H16F6N4O2S. The van der Waals surface area contributed by atoms with E-state index in [0.29, 0.717) is 29.3 Å². The zero-order valence-electron chi connectivity index (χ0n) is 17.7. The minimum atomic E-state index is -4.97. The van der Waals surface area contributed by atoms with E-state index in [1.165, 1.54) is 43.6 Å². The van der Waals surface area contributed by atoms with Crippen LogP contribution in [-0.2, 0) is 12.4 Å². The van der Waals surface area contributed by atoms with E-state index >= 15 is 0 Å². The summed E-state index contributed by atoms with van der Waals surface area (Å²) in [6, 6.07) is 10.2. The molecule has 0 atom stereocenters. The van der Waals surface area contributed by atoms with Gasteiger partial charge in [0, 0.05) is 30.7 Å². The summed E-state index contributed by atoms with van der Waals surface area (Å²) in [5, 5.41) is 7.22. The third kappa shape index (κ3) is 7.06. The van der Waals surface area contributed by atoms with Crippen LogP contribution >= 0.6 is 12.2 Å². The van der Waals surface area contributed by atoms with Crippen molar-refractivity contribution >= 4 is 34.6 Å². The maximum Gasteiger partial charge on any atom is 0.416 e. The Kier molecular flexibility index (Phi) is 7.48. The highest BCUT2D eigenvalue weighted by molar-refractivity contribution is 7.80. The molecule has 6 nitrogen and oxygen atoms in total. The Hall–Kier alpha value is -3.87. The molecule has 0 unspecified atom stereocenters. The Balaban J connectivity index is 1.69. The number of amides is 1. The van der Waals surface area contributed by atoms with Gasteiger partial charge in [-0.05, 0) is 60.7 Å². The van der Waals surface area contributed by atoms with Gasteiger partial charge in [0.15, 0.2) is 5.11 Å². The summed E-state index contributed by atoms with van der Waals surface area (Å²) in [5.74, 6) is 0.344. The lowest BCUT2D eigenvalue weighted by molar-refractivity contribution is -0.143. The largest absolute Gasteiger partial charge is 0.457 e. The first-order valence-corrected chi connectivity index (χ1v) is 10.1. The summed E-state index contributed by atoms with van der Waals surface area (Å²) in [7, 11) is 1.46. The van der Waals surface area contributed by atoms with Gasteiger partial charge in [-0.25, -0.2) is 0 Å². The summed E-state index contributed by atoms with van der Waals surface area (Å²) >= 11 is 5.02. The molecule has 35 heavy (non-hydrogen) atoms. The smallest absolute Gasteiger partial charge is 0.416 e. The molecule has 2 aromatic carbocycles. The van der Waals surface area contributed by atoms with Gasteiger partial charge in [0.05, 0.1) is 11.1 Å². The number of aromatic nitrogens is 1. The Morgan fingerprint density at radius 1 is 0.829 bits per heavy atom. The number of hydrogen-bond acceptors (Lipinski definition) is 4. The molecule has 3 N–H and O–H groups in total. The normalized spacial score (nSPS) is 11.5. The van der Waals surface area contributed by atoms with Crippen LogP contribution in [0.25, 0.3) is 0 Å². The standard InChI is InChI=1S/C22H16F6N4O2S/c1-29-19(33)18-11-17(6-7-30-18)34-16-4-2-14(3-5-16)31-20(35)32-15-9-12(21(23,24)25)8-13(10-15)22(26,27)28/h2-11H,1H3,(H,29,33)(H2,31,32,35). The van der Waals surface area contributed by atoms with Gasteiger partial charge in [0.2, 0.25) is 0 Å². The third-order valence-electron chi connectivity index (χ3n) is 4.38. The van der Waals surface area contributed by atoms with E-state index in [9.17, 15) is 31.1 Å². The average Bonchev–Trinajstić information content (AvgIpc) is 2.78. The molecule has 3 aromatic rings. The summed E-state index contributed by atoms with van der Waals surface area (Å²) in [6.07, 6.45) is -8.55. The van der Waals surface area contributed by atoms with Crippen LogP contribution in [0.1, 0.15) is 21.6 Å². The van der Waals surface area contributed by atoms with Crippen LogP contribution in [0.5, 0.6) is 11.5 Å². The highest BCUT2D eigenvalue weighted by Gasteiger charge is 2.37. The molecule has 0 radical (unpaired) electrons. The number of carbonyl (C=O) groups is 1. The molecule has 1 amide bonds. The highest BCUT2D eigenvalue weighted by Crippen LogP contribution is 2.37. The Bertz CT molecular complexity index is 1200. The fourth-order valence-electron chi connectivity index (χ4n) is 2.79. The molecule has 0 saturated heterocycles. The summed E-state index contributed by atoms with van der Waals surface area (Å²) < 4.78 is 83.7. The van der Waals surface area contributed by atoms with Gasteiger partial charge in [0.25, 0.3) is 5.91 Å². The maximum atomic E-state index is 13.0. The summed E-state index contributed by atoms with van der Waals surface area (Å²) in [4.78, 5) is 15.6. The van der Waals surface area contributed by atoms with Crippen LogP contribution < -0.4 is 20.7 Å². The molecule has 1 aromatic heterocycles. The van der Waals surface area contributed by atoms with E-state index in [1.807, 2.05) is 0 Å². The topological polar surface area (TPSA) is 75.3 Å². The van der Waals surface area contributed by atoms with Crippen molar-refractivity contribution in [2.45, 2.75) is 12.4 Å². The molecule has 0 spiro atoms. The van der Waals surface area contributed by atoms with E-state index in [0.717, 1.165) is 0 Å². The van der Waals surface area contributed by atoms with E-state index in [1.54, 1.807) is 6.07 Å². The van der Waals surface area contributed by atoms with E-state index in [4.69, 9.17) is 17.0 Å². The third-order valence-corrected chi connectivity index (χ3v) is 4.59. The highest BCUT2D eigenvalue weighted by atomic mass is 32.1. The van der Waals surface area contributed by atoms with E-state index in [-0.39, 0.29) is 22.8 Å². The number of pyridine rings is 1. The van der Waals surface area contributed by atoms with Crippen LogP contribution in [0, 0.1) is 0 Å². The summed E-state index contributed by atoms with van der Waals surface area (Å²) in [5.41, 5.74) is -2.86. The van der Waals surface area contributed by atoms with E-state index < -0.39 is 29.2 Å². The lowest BCUT2D eigenvalue weighted by Gasteiger charge is -2.16. The lowest BCUT2D eigenvalue weighted by atomic mass is 10.1. The predicted molar refractivity (Wildman–Crippen MR) is 120 cm³/mol. The first-order chi connectivity index (χ1) is 16.3. The van der Waals surface area contributed by atoms with Gasteiger partial charge >= 0.3 is 12.4 Å². The van der Waals surface area contributed by atoms with Crippen LogP contribution in [-0.4, -0.2) is 23.1 Å². The van der Waals surface area contributed by atoms with Crippen LogP contribution in [0.15, 0.2) is 60.8 Å². The van der Waals surface area contributed by atoms with Crippen LogP contribution in [0.2, 0.25) is 0 Å². The molecule has 0 aliphatic carbocycles. The monoisotopic (exact) mass is 514 g/mol. The molecular weight excluding hydrogens is 498 g/mol. The van der Waals surface area contributed by atoms with Gasteiger partial charge in [-0.3, -0.25) is 9.78 Å². The quantitative estimate of drug-likeness (QED) is 0.283. The molecule has 0 fully saturated rings. The molecule has 184 valence electrons. The number of halogens is 6. The van der Waals surface area contributed by atoms with Crippen LogP contribution in [0.3, 0.4) is 0 Å². The Morgan fingerprint density at radius 2 is 1.40 bits per heavy atom. The molecule has 3 rings (SSSR count). The van der Waals surface area contributed by atoms with Crippen molar-refractivity contribution < 1.29 is 35.9 Å². The Morgan fingerprint density at radius 3 is 1.94 bits per heavy atom. The minimum absolute atomic E-state index is 0.0286.